The van der Waals surface area contributed by atoms with E-state index in [0.717, 1.165) is 15.8 Å². The third kappa shape index (κ3) is 2.76. The van der Waals surface area contributed by atoms with Crippen LogP contribution in [0, 0.1) is 11.7 Å². The van der Waals surface area contributed by atoms with E-state index in [1.807, 2.05) is 25.1 Å². The highest BCUT2D eigenvalue weighted by molar-refractivity contribution is 7.71. The first-order valence-electron chi connectivity index (χ1n) is 6.00. The first-order chi connectivity index (χ1) is 10.0. The second-order valence-electron chi connectivity index (χ2n) is 4.40. The van der Waals surface area contributed by atoms with Crippen molar-refractivity contribution in [1.82, 2.24) is 15.0 Å². The van der Waals surface area contributed by atoms with Gasteiger partial charge in [0.1, 0.15) is 5.56 Å². The van der Waals surface area contributed by atoms with Crippen molar-refractivity contribution >= 4 is 45.1 Å². The molecule has 0 amide bonds. The molecule has 0 saturated heterocycles. The highest BCUT2D eigenvalue weighted by atomic mass is 32.1. The highest BCUT2D eigenvalue weighted by Crippen LogP contribution is 2.28. The number of hydrogen-bond donors (Lipinski definition) is 3. The molecule has 0 saturated carbocycles. The van der Waals surface area contributed by atoms with Gasteiger partial charge in [-0.3, -0.25) is 9.78 Å². The third-order valence-electron chi connectivity index (χ3n) is 2.80. The summed E-state index contributed by atoms with van der Waals surface area (Å²) in [6.07, 6.45) is 1.27. The summed E-state index contributed by atoms with van der Waals surface area (Å²) >= 11 is 6.17. The summed E-state index contributed by atoms with van der Waals surface area (Å²) in [5.41, 5.74) is 1.51. The molecular formula is C13H10N4O2S2. The van der Waals surface area contributed by atoms with E-state index in [1.165, 1.54) is 17.6 Å². The molecule has 0 unspecified atom stereocenters. The van der Waals surface area contributed by atoms with Gasteiger partial charge in [0.15, 0.2) is 4.77 Å². The number of aryl methyl sites for hydroxylation is 1. The maximum absolute atomic E-state index is 11.7. The van der Waals surface area contributed by atoms with E-state index in [0.29, 0.717) is 5.13 Å². The van der Waals surface area contributed by atoms with E-state index in [4.69, 9.17) is 12.2 Å². The summed E-state index contributed by atoms with van der Waals surface area (Å²) < 4.78 is 1.08. The molecule has 106 valence electrons. The highest BCUT2D eigenvalue weighted by Gasteiger charge is 2.06. The molecule has 21 heavy (non-hydrogen) atoms. The van der Waals surface area contributed by atoms with Gasteiger partial charge in [-0.2, -0.15) is 0 Å². The Labute approximate surface area is 127 Å². The molecule has 3 aromatic rings. The molecule has 1 aromatic carbocycles. The molecule has 0 radical (unpaired) electrons. The van der Waals surface area contributed by atoms with Crippen LogP contribution < -0.4 is 5.56 Å². The summed E-state index contributed by atoms with van der Waals surface area (Å²) in [6.45, 7) is 2.01. The first-order valence-corrected chi connectivity index (χ1v) is 7.22. The SMILES string of the molecule is Cc1ccc2nc(/N=C/c3c(O)[nH]c(=S)[nH]c3=O)sc2c1. The van der Waals surface area contributed by atoms with Crippen molar-refractivity contribution < 1.29 is 5.11 Å². The van der Waals surface area contributed by atoms with E-state index >= 15 is 0 Å². The van der Waals surface area contributed by atoms with Gasteiger partial charge in [-0.05, 0) is 36.8 Å². The van der Waals surface area contributed by atoms with Crippen LogP contribution in [-0.2, 0) is 0 Å². The lowest BCUT2D eigenvalue weighted by atomic mass is 10.2. The van der Waals surface area contributed by atoms with E-state index in [9.17, 15) is 9.90 Å². The number of hydrogen-bond acceptors (Lipinski definition) is 6. The van der Waals surface area contributed by atoms with Crippen LogP contribution in [0.1, 0.15) is 11.1 Å². The fraction of sp³-hybridized carbons (Fsp3) is 0.0769. The van der Waals surface area contributed by atoms with Crippen molar-refractivity contribution in [3.05, 3.63) is 44.5 Å². The first kappa shape index (κ1) is 13.7. The number of rotatable bonds is 2. The average Bonchev–Trinajstić information content (AvgIpc) is 2.79. The van der Waals surface area contributed by atoms with Crippen LogP contribution in [0.15, 0.2) is 28.0 Å². The second-order valence-corrected chi connectivity index (χ2v) is 5.81. The zero-order valence-corrected chi connectivity index (χ0v) is 12.5. The summed E-state index contributed by atoms with van der Waals surface area (Å²) in [7, 11) is 0. The Morgan fingerprint density at radius 1 is 1.43 bits per heavy atom. The van der Waals surface area contributed by atoms with Gasteiger partial charge < -0.3 is 10.1 Å². The van der Waals surface area contributed by atoms with Gasteiger partial charge in [-0.15, -0.1) is 0 Å². The molecule has 0 aliphatic carbocycles. The molecule has 0 bridgehead atoms. The van der Waals surface area contributed by atoms with Crippen LogP contribution in [0.5, 0.6) is 5.88 Å². The monoisotopic (exact) mass is 318 g/mol. The van der Waals surface area contributed by atoms with Crippen LogP contribution in [0.4, 0.5) is 5.13 Å². The minimum absolute atomic E-state index is 0.0130. The zero-order valence-electron chi connectivity index (χ0n) is 10.9. The number of thiazole rings is 1. The van der Waals surface area contributed by atoms with Gasteiger partial charge in [0.05, 0.1) is 10.2 Å². The number of aromatic nitrogens is 3. The summed E-state index contributed by atoms with van der Waals surface area (Å²) in [5.74, 6) is -0.315. The molecule has 8 heteroatoms. The van der Waals surface area contributed by atoms with Crippen LogP contribution >= 0.6 is 23.6 Å². The maximum atomic E-state index is 11.7. The average molecular weight is 318 g/mol. The van der Waals surface area contributed by atoms with Gasteiger partial charge in [0.25, 0.3) is 5.56 Å². The van der Waals surface area contributed by atoms with Gasteiger partial charge in [-0.25, -0.2) is 9.98 Å². The van der Waals surface area contributed by atoms with Crippen LogP contribution in [0.2, 0.25) is 0 Å². The molecule has 0 spiro atoms. The maximum Gasteiger partial charge on any atom is 0.264 e. The Hall–Kier alpha value is -2.32. The molecular weight excluding hydrogens is 308 g/mol. The van der Waals surface area contributed by atoms with Crippen molar-refractivity contribution in [2.75, 3.05) is 0 Å². The van der Waals surface area contributed by atoms with Crippen molar-refractivity contribution in [3.8, 4) is 5.88 Å². The quantitative estimate of drug-likeness (QED) is 0.500. The molecule has 2 heterocycles. The Kier molecular flexibility index (Phi) is 3.40. The number of benzene rings is 1. The summed E-state index contributed by atoms with van der Waals surface area (Å²) in [5, 5.41) is 10.2. The lowest BCUT2D eigenvalue weighted by molar-refractivity contribution is 0.449. The molecule has 3 rings (SSSR count). The number of H-pyrrole nitrogens is 2. The third-order valence-corrected chi connectivity index (χ3v) is 3.93. The second kappa shape index (κ2) is 5.23. The summed E-state index contributed by atoms with van der Waals surface area (Å²) in [6, 6.07) is 5.92. The minimum Gasteiger partial charge on any atom is -0.494 e. The van der Waals surface area contributed by atoms with Crippen LogP contribution in [-0.4, -0.2) is 26.3 Å². The van der Waals surface area contributed by atoms with Crippen molar-refractivity contribution in [3.63, 3.8) is 0 Å². The minimum atomic E-state index is -0.503. The predicted octanol–water partition coefficient (Wildman–Crippen LogP) is 2.81. The number of nitrogens with zero attached hydrogens (tertiary/aromatic N) is 2. The number of nitrogens with one attached hydrogen (secondary N) is 2. The zero-order chi connectivity index (χ0) is 15.0. The van der Waals surface area contributed by atoms with Crippen molar-refractivity contribution in [2.45, 2.75) is 6.92 Å². The van der Waals surface area contributed by atoms with Crippen molar-refractivity contribution in [1.29, 1.82) is 0 Å². The largest absolute Gasteiger partial charge is 0.494 e. The Morgan fingerprint density at radius 3 is 3.00 bits per heavy atom. The summed E-state index contributed by atoms with van der Waals surface area (Å²) in [4.78, 5) is 25.0. The molecule has 6 nitrogen and oxygen atoms in total. The molecule has 0 aliphatic rings. The predicted molar refractivity (Wildman–Crippen MR) is 85.5 cm³/mol. The molecule has 0 atom stereocenters. The van der Waals surface area contributed by atoms with E-state index in [2.05, 4.69) is 19.9 Å². The molecule has 0 fully saturated rings. The standard InChI is InChI=1S/C13H10N4O2S2/c1-6-2-3-8-9(4-6)21-13(15-8)14-5-7-10(18)16-12(20)17-11(7)19/h2-5H,1H3,(H3,16,17,18,19,20)/b14-5+. The van der Waals surface area contributed by atoms with E-state index in [1.54, 1.807) is 0 Å². The van der Waals surface area contributed by atoms with E-state index in [-0.39, 0.29) is 16.2 Å². The van der Waals surface area contributed by atoms with Gasteiger partial charge >= 0.3 is 0 Å². The van der Waals surface area contributed by atoms with Gasteiger partial charge in [0, 0.05) is 6.21 Å². The van der Waals surface area contributed by atoms with Gasteiger partial charge in [-0.1, -0.05) is 17.4 Å². The smallest absolute Gasteiger partial charge is 0.264 e. The van der Waals surface area contributed by atoms with Gasteiger partial charge in [0.2, 0.25) is 11.0 Å². The topological polar surface area (TPSA) is 94.1 Å². The van der Waals surface area contributed by atoms with E-state index < -0.39 is 5.56 Å². The van der Waals surface area contributed by atoms with Crippen LogP contribution in [0.25, 0.3) is 10.2 Å². The fourth-order valence-electron chi connectivity index (χ4n) is 1.80. The Morgan fingerprint density at radius 2 is 2.24 bits per heavy atom. The normalized spacial score (nSPS) is 11.5. The fourth-order valence-corrected chi connectivity index (χ4v) is 2.90. The molecule has 3 N–H and O–H groups in total. The lowest BCUT2D eigenvalue weighted by Crippen LogP contribution is -2.13. The molecule has 0 aliphatic heterocycles. The Balaban J connectivity index is 2.02. The lowest BCUT2D eigenvalue weighted by Gasteiger charge is -1.95. The number of aliphatic imine (C=N–C) groups is 1. The number of fused-ring (bicyclic) bond motifs is 1. The molecule has 2 aromatic heterocycles. The number of aromatic hydroxyl groups is 1. The number of aromatic amines is 2. The van der Waals surface area contributed by atoms with Crippen molar-refractivity contribution in [2.24, 2.45) is 4.99 Å². The Bertz CT molecular complexity index is 968. The van der Waals surface area contributed by atoms with Crippen LogP contribution in [0.3, 0.4) is 0 Å².